The van der Waals surface area contributed by atoms with Crippen molar-refractivity contribution in [2.45, 2.75) is 19.4 Å². The number of rotatable bonds is 6. The number of carbonyl (C=O) groups is 1. The predicted molar refractivity (Wildman–Crippen MR) is 89.6 cm³/mol. The van der Waals surface area contributed by atoms with E-state index in [-0.39, 0.29) is 11.7 Å². The predicted octanol–water partition coefficient (Wildman–Crippen LogP) is 3.74. The maximum atomic E-state index is 12.9. The number of carbonyl (C=O) groups excluding carboxylic acids is 1. The standard InChI is InChI=1S/C19H23NO2/c1-14(15-8-6-5-7-9-15)19(21)18-11-10-17(22-4)12-16(18)13-20(2)3/h5-12,14H,13H2,1-4H3. The van der Waals surface area contributed by atoms with E-state index in [1.165, 1.54) is 0 Å². The van der Waals surface area contributed by atoms with E-state index < -0.39 is 0 Å². The molecule has 1 atom stereocenters. The minimum atomic E-state index is -0.157. The minimum Gasteiger partial charge on any atom is -0.497 e. The monoisotopic (exact) mass is 297 g/mol. The van der Waals surface area contributed by atoms with E-state index in [1.54, 1.807) is 7.11 Å². The molecule has 0 radical (unpaired) electrons. The molecule has 0 fully saturated rings. The molecule has 0 saturated carbocycles. The van der Waals surface area contributed by atoms with Gasteiger partial charge in [-0.3, -0.25) is 4.79 Å². The molecule has 3 heteroatoms. The third-order valence-corrected chi connectivity index (χ3v) is 3.76. The number of Topliss-reactive ketones (excluding diaryl/α,β-unsaturated/α-hetero) is 1. The summed E-state index contributed by atoms with van der Waals surface area (Å²) in [6.45, 7) is 2.67. The van der Waals surface area contributed by atoms with Gasteiger partial charge in [-0.05, 0) is 43.4 Å². The Kier molecular flexibility index (Phi) is 5.34. The number of ketones is 1. The second kappa shape index (κ2) is 7.23. The maximum absolute atomic E-state index is 12.9. The van der Waals surface area contributed by atoms with Crippen molar-refractivity contribution < 1.29 is 9.53 Å². The summed E-state index contributed by atoms with van der Waals surface area (Å²) in [6.07, 6.45) is 0. The summed E-state index contributed by atoms with van der Waals surface area (Å²) in [4.78, 5) is 14.9. The van der Waals surface area contributed by atoms with E-state index in [1.807, 2.05) is 69.6 Å². The first kappa shape index (κ1) is 16.2. The molecule has 0 aliphatic rings. The fourth-order valence-corrected chi connectivity index (χ4v) is 2.54. The molecule has 2 aromatic rings. The Balaban J connectivity index is 2.36. The molecule has 3 nitrogen and oxygen atoms in total. The quantitative estimate of drug-likeness (QED) is 0.761. The van der Waals surface area contributed by atoms with Crippen molar-refractivity contribution in [3.05, 3.63) is 65.2 Å². The van der Waals surface area contributed by atoms with Crippen LogP contribution in [-0.4, -0.2) is 31.9 Å². The van der Waals surface area contributed by atoms with Crippen molar-refractivity contribution in [2.24, 2.45) is 0 Å². The third kappa shape index (κ3) is 3.74. The van der Waals surface area contributed by atoms with E-state index in [0.29, 0.717) is 6.54 Å². The van der Waals surface area contributed by atoms with Gasteiger partial charge in [-0.25, -0.2) is 0 Å². The Hall–Kier alpha value is -2.13. The number of ether oxygens (including phenoxy) is 1. The van der Waals surface area contributed by atoms with Crippen LogP contribution >= 0.6 is 0 Å². The van der Waals surface area contributed by atoms with Crippen LogP contribution in [0.3, 0.4) is 0 Å². The Labute approximate surface area is 132 Å². The fourth-order valence-electron chi connectivity index (χ4n) is 2.54. The van der Waals surface area contributed by atoms with Gasteiger partial charge in [-0.2, -0.15) is 0 Å². The Bertz CT molecular complexity index is 635. The van der Waals surface area contributed by atoms with Gasteiger partial charge in [0.1, 0.15) is 5.75 Å². The maximum Gasteiger partial charge on any atom is 0.170 e. The van der Waals surface area contributed by atoms with Crippen LogP contribution in [0.25, 0.3) is 0 Å². The topological polar surface area (TPSA) is 29.5 Å². The fraction of sp³-hybridized carbons (Fsp3) is 0.316. The molecule has 1 unspecified atom stereocenters. The summed E-state index contributed by atoms with van der Waals surface area (Å²) >= 11 is 0. The van der Waals surface area contributed by atoms with Crippen LogP contribution in [0.2, 0.25) is 0 Å². The molecule has 0 aliphatic carbocycles. The van der Waals surface area contributed by atoms with E-state index in [2.05, 4.69) is 4.90 Å². The van der Waals surface area contributed by atoms with Crippen LogP contribution in [0, 0.1) is 0 Å². The molecule has 0 N–H and O–H groups in total. The van der Waals surface area contributed by atoms with Crippen LogP contribution in [-0.2, 0) is 6.54 Å². The van der Waals surface area contributed by atoms with Crippen molar-refractivity contribution in [3.8, 4) is 5.75 Å². The Morgan fingerprint density at radius 2 is 1.82 bits per heavy atom. The smallest absolute Gasteiger partial charge is 0.170 e. The van der Waals surface area contributed by atoms with Crippen molar-refractivity contribution in [3.63, 3.8) is 0 Å². The summed E-state index contributed by atoms with van der Waals surface area (Å²) in [5.41, 5.74) is 2.81. The normalized spacial score (nSPS) is 12.2. The number of nitrogens with zero attached hydrogens (tertiary/aromatic N) is 1. The summed E-state index contributed by atoms with van der Waals surface area (Å²) in [7, 11) is 5.63. The van der Waals surface area contributed by atoms with Crippen molar-refractivity contribution in [1.82, 2.24) is 4.90 Å². The lowest BCUT2D eigenvalue weighted by molar-refractivity contribution is 0.0964. The largest absolute Gasteiger partial charge is 0.497 e. The summed E-state index contributed by atoms with van der Waals surface area (Å²) in [5.74, 6) is 0.766. The molecule has 2 rings (SSSR count). The summed E-state index contributed by atoms with van der Waals surface area (Å²) < 4.78 is 5.29. The van der Waals surface area contributed by atoms with Crippen LogP contribution in [0.4, 0.5) is 0 Å². The van der Waals surface area contributed by atoms with Crippen LogP contribution < -0.4 is 4.74 Å². The molecule has 0 amide bonds. The van der Waals surface area contributed by atoms with Gasteiger partial charge in [0.05, 0.1) is 7.11 Å². The zero-order valence-corrected chi connectivity index (χ0v) is 13.7. The minimum absolute atomic E-state index is 0.144. The van der Waals surface area contributed by atoms with Gasteiger partial charge in [0, 0.05) is 18.0 Å². The van der Waals surface area contributed by atoms with Gasteiger partial charge in [0.25, 0.3) is 0 Å². The summed E-state index contributed by atoms with van der Waals surface area (Å²) in [6, 6.07) is 15.6. The first-order valence-corrected chi connectivity index (χ1v) is 7.43. The number of hydrogen-bond acceptors (Lipinski definition) is 3. The van der Waals surface area contributed by atoms with Gasteiger partial charge < -0.3 is 9.64 Å². The highest BCUT2D eigenvalue weighted by molar-refractivity contribution is 6.02. The molecule has 0 bridgehead atoms. The number of methoxy groups -OCH3 is 1. The van der Waals surface area contributed by atoms with Gasteiger partial charge >= 0.3 is 0 Å². The highest BCUT2D eigenvalue weighted by atomic mass is 16.5. The number of benzene rings is 2. The first-order valence-electron chi connectivity index (χ1n) is 7.43. The lowest BCUT2D eigenvalue weighted by Gasteiger charge is -2.17. The number of hydrogen-bond donors (Lipinski definition) is 0. The average molecular weight is 297 g/mol. The summed E-state index contributed by atoms with van der Waals surface area (Å²) in [5, 5.41) is 0. The average Bonchev–Trinajstić information content (AvgIpc) is 2.53. The molecule has 0 heterocycles. The highest BCUT2D eigenvalue weighted by Gasteiger charge is 2.20. The second-order valence-corrected chi connectivity index (χ2v) is 5.76. The van der Waals surface area contributed by atoms with Crippen LogP contribution in [0.15, 0.2) is 48.5 Å². The van der Waals surface area contributed by atoms with Gasteiger partial charge in [0.2, 0.25) is 0 Å². The van der Waals surface area contributed by atoms with E-state index in [9.17, 15) is 4.79 Å². The SMILES string of the molecule is COc1ccc(C(=O)C(C)c2ccccc2)c(CN(C)C)c1. The second-order valence-electron chi connectivity index (χ2n) is 5.76. The highest BCUT2D eigenvalue weighted by Crippen LogP contribution is 2.25. The van der Waals surface area contributed by atoms with Crippen molar-refractivity contribution >= 4 is 5.78 Å². The van der Waals surface area contributed by atoms with Gasteiger partial charge in [-0.15, -0.1) is 0 Å². The van der Waals surface area contributed by atoms with Crippen LogP contribution in [0.1, 0.15) is 34.3 Å². The first-order chi connectivity index (χ1) is 10.5. The molecule has 0 aliphatic heterocycles. The Morgan fingerprint density at radius 1 is 1.14 bits per heavy atom. The Morgan fingerprint density at radius 3 is 2.41 bits per heavy atom. The third-order valence-electron chi connectivity index (χ3n) is 3.76. The van der Waals surface area contributed by atoms with E-state index in [4.69, 9.17) is 4.74 Å². The molecule has 0 spiro atoms. The molecule has 22 heavy (non-hydrogen) atoms. The molecule has 116 valence electrons. The van der Waals surface area contributed by atoms with Crippen molar-refractivity contribution in [1.29, 1.82) is 0 Å². The molecule has 0 aromatic heterocycles. The van der Waals surface area contributed by atoms with E-state index in [0.717, 1.165) is 22.4 Å². The van der Waals surface area contributed by atoms with Crippen molar-refractivity contribution in [2.75, 3.05) is 21.2 Å². The lowest BCUT2D eigenvalue weighted by atomic mass is 9.90. The van der Waals surface area contributed by atoms with E-state index >= 15 is 0 Å². The molecule has 0 saturated heterocycles. The van der Waals surface area contributed by atoms with Gasteiger partial charge in [0.15, 0.2) is 5.78 Å². The molecular formula is C19H23NO2. The zero-order chi connectivity index (χ0) is 16.1. The van der Waals surface area contributed by atoms with Crippen LogP contribution in [0.5, 0.6) is 5.75 Å². The van der Waals surface area contributed by atoms with Gasteiger partial charge in [-0.1, -0.05) is 37.3 Å². The molecular weight excluding hydrogens is 274 g/mol. The zero-order valence-electron chi connectivity index (χ0n) is 13.7. The molecule has 2 aromatic carbocycles. The lowest BCUT2D eigenvalue weighted by Crippen LogP contribution is -2.17.